The summed E-state index contributed by atoms with van der Waals surface area (Å²) in [6.07, 6.45) is 0. The Hall–Kier alpha value is -2.08. The Morgan fingerprint density at radius 1 is 1.35 bits per heavy atom. The smallest absolute Gasteiger partial charge is 0.251 e. The van der Waals surface area contributed by atoms with Crippen molar-refractivity contribution in [3.8, 4) is 0 Å². The molecular weight excluding hydrogens is 254 g/mol. The van der Waals surface area contributed by atoms with Crippen LogP contribution in [0.15, 0.2) is 29.3 Å². The molecular formula is C14H23N5O. The number of likely N-dealkylation sites (N-methyl/N-ethyl adjacent to an activating group) is 1. The summed E-state index contributed by atoms with van der Waals surface area (Å²) in [4.78, 5) is 17.8. The third kappa shape index (κ3) is 5.71. The molecule has 0 heterocycles. The quantitative estimate of drug-likeness (QED) is 0.505. The number of nitrogens with zero attached hydrogens (tertiary/aromatic N) is 2. The highest BCUT2D eigenvalue weighted by Crippen LogP contribution is 2.05. The summed E-state index contributed by atoms with van der Waals surface area (Å²) >= 11 is 0. The Morgan fingerprint density at radius 2 is 2.10 bits per heavy atom. The molecule has 0 aliphatic rings. The molecule has 6 heteroatoms. The van der Waals surface area contributed by atoms with Gasteiger partial charge < -0.3 is 21.3 Å². The number of nitrogens with one attached hydrogen (secondary N) is 2. The van der Waals surface area contributed by atoms with Crippen LogP contribution in [0.5, 0.6) is 0 Å². The normalized spacial score (nSPS) is 11.5. The van der Waals surface area contributed by atoms with Gasteiger partial charge in [-0.3, -0.25) is 9.79 Å². The third-order valence-corrected chi connectivity index (χ3v) is 2.75. The van der Waals surface area contributed by atoms with E-state index >= 15 is 0 Å². The molecule has 0 atom stereocenters. The Morgan fingerprint density at radius 3 is 2.75 bits per heavy atom. The van der Waals surface area contributed by atoms with Gasteiger partial charge in [-0.25, -0.2) is 0 Å². The van der Waals surface area contributed by atoms with Crippen LogP contribution in [0.1, 0.15) is 15.9 Å². The molecule has 0 aliphatic carbocycles. The van der Waals surface area contributed by atoms with E-state index < -0.39 is 0 Å². The van der Waals surface area contributed by atoms with Gasteiger partial charge in [-0.05, 0) is 31.8 Å². The van der Waals surface area contributed by atoms with Crippen molar-refractivity contribution in [3.05, 3.63) is 35.4 Å². The van der Waals surface area contributed by atoms with Crippen molar-refractivity contribution in [2.24, 2.45) is 10.7 Å². The summed E-state index contributed by atoms with van der Waals surface area (Å²) in [7, 11) is 5.56. The second-order valence-corrected chi connectivity index (χ2v) is 4.72. The first kappa shape index (κ1) is 16.0. The molecule has 0 aromatic heterocycles. The van der Waals surface area contributed by atoms with E-state index in [1.165, 1.54) is 0 Å². The van der Waals surface area contributed by atoms with Crippen LogP contribution in [0.4, 0.5) is 0 Å². The molecule has 6 nitrogen and oxygen atoms in total. The lowest BCUT2D eigenvalue weighted by atomic mass is 10.1. The molecule has 0 bridgehead atoms. The molecule has 0 radical (unpaired) electrons. The first-order valence-corrected chi connectivity index (χ1v) is 6.51. The Bertz CT molecular complexity index is 470. The average Bonchev–Trinajstić information content (AvgIpc) is 2.44. The van der Waals surface area contributed by atoms with Crippen molar-refractivity contribution in [2.45, 2.75) is 6.54 Å². The lowest BCUT2D eigenvalue weighted by molar-refractivity contribution is 0.0951. The van der Waals surface area contributed by atoms with Crippen molar-refractivity contribution in [1.82, 2.24) is 15.5 Å². The molecule has 0 aliphatic heterocycles. The largest absolute Gasteiger partial charge is 0.370 e. The van der Waals surface area contributed by atoms with Gasteiger partial charge in [0.05, 0.1) is 0 Å². The number of hydrogen-bond donors (Lipinski definition) is 3. The number of rotatable bonds is 6. The second kappa shape index (κ2) is 8.16. The summed E-state index contributed by atoms with van der Waals surface area (Å²) in [6.45, 7) is 1.99. The SMILES string of the molecule is CN=C(N)NCc1cccc(C(=O)NCCN(C)C)c1. The van der Waals surface area contributed by atoms with Gasteiger partial charge in [-0.2, -0.15) is 0 Å². The van der Waals surface area contributed by atoms with Crippen LogP contribution in [0.3, 0.4) is 0 Å². The van der Waals surface area contributed by atoms with Gasteiger partial charge in [-0.15, -0.1) is 0 Å². The number of carbonyl (C=O) groups is 1. The van der Waals surface area contributed by atoms with Gasteiger partial charge in [0.1, 0.15) is 0 Å². The summed E-state index contributed by atoms with van der Waals surface area (Å²) in [6, 6.07) is 7.44. The zero-order chi connectivity index (χ0) is 15.0. The molecule has 1 aromatic rings. The van der Waals surface area contributed by atoms with Crippen molar-refractivity contribution in [2.75, 3.05) is 34.2 Å². The lowest BCUT2D eigenvalue weighted by Crippen LogP contribution is -2.32. The van der Waals surface area contributed by atoms with E-state index in [0.717, 1.165) is 12.1 Å². The Balaban J connectivity index is 2.56. The monoisotopic (exact) mass is 277 g/mol. The van der Waals surface area contributed by atoms with Crippen LogP contribution in [0, 0.1) is 0 Å². The maximum Gasteiger partial charge on any atom is 0.251 e. The molecule has 1 rings (SSSR count). The predicted octanol–water partition coefficient (Wildman–Crippen LogP) is 0.0121. The van der Waals surface area contributed by atoms with E-state index in [9.17, 15) is 4.79 Å². The fourth-order valence-electron chi connectivity index (χ4n) is 1.59. The maximum atomic E-state index is 12.0. The summed E-state index contributed by atoms with van der Waals surface area (Å²) in [5.41, 5.74) is 7.20. The third-order valence-electron chi connectivity index (χ3n) is 2.75. The molecule has 1 amide bonds. The highest BCUT2D eigenvalue weighted by Gasteiger charge is 2.05. The molecule has 0 spiro atoms. The van der Waals surface area contributed by atoms with Crippen molar-refractivity contribution >= 4 is 11.9 Å². The van der Waals surface area contributed by atoms with Crippen molar-refractivity contribution in [3.63, 3.8) is 0 Å². The predicted molar refractivity (Wildman–Crippen MR) is 81.7 cm³/mol. The van der Waals surface area contributed by atoms with Crippen LogP contribution in [0.25, 0.3) is 0 Å². The molecule has 0 saturated heterocycles. The van der Waals surface area contributed by atoms with Crippen LogP contribution in [-0.2, 0) is 6.54 Å². The van der Waals surface area contributed by atoms with Gasteiger partial charge in [-0.1, -0.05) is 12.1 Å². The zero-order valence-electron chi connectivity index (χ0n) is 12.3. The average molecular weight is 277 g/mol. The van der Waals surface area contributed by atoms with E-state index in [-0.39, 0.29) is 5.91 Å². The molecule has 4 N–H and O–H groups in total. The van der Waals surface area contributed by atoms with Gasteiger partial charge >= 0.3 is 0 Å². The molecule has 110 valence electrons. The summed E-state index contributed by atoms with van der Waals surface area (Å²) in [5, 5.41) is 5.85. The first-order chi connectivity index (χ1) is 9.52. The molecule has 0 saturated carbocycles. The number of carbonyl (C=O) groups excluding carboxylic acids is 1. The molecule has 1 aromatic carbocycles. The minimum absolute atomic E-state index is 0.0640. The standard InChI is InChI=1S/C14H23N5O/c1-16-14(15)18-10-11-5-4-6-12(9-11)13(20)17-7-8-19(2)3/h4-6,9H,7-8,10H2,1-3H3,(H,17,20)(H3,15,16,18). The number of nitrogens with two attached hydrogens (primary N) is 1. The summed E-state index contributed by atoms with van der Waals surface area (Å²) < 4.78 is 0. The topological polar surface area (TPSA) is 82.7 Å². The Kier molecular flexibility index (Phi) is 6.52. The number of amides is 1. The molecule has 0 unspecified atom stereocenters. The lowest BCUT2D eigenvalue weighted by Gasteiger charge is -2.11. The van der Waals surface area contributed by atoms with E-state index in [0.29, 0.717) is 24.6 Å². The highest BCUT2D eigenvalue weighted by molar-refractivity contribution is 5.94. The van der Waals surface area contributed by atoms with E-state index in [2.05, 4.69) is 15.6 Å². The summed E-state index contributed by atoms with van der Waals surface area (Å²) in [5.74, 6) is 0.316. The van der Waals surface area contributed by atoms with E-state index in [4.69, 9.17) is 5.73 Å². The van der Waals surface area contributed by atoms with E-state index in [1.54, 1.807) is 13.1 Å². The van der Waals surface area contributed by atoms with Crippen LogP contribution in [0.2, 0.25) is 0 Å². The molecule has 0 fully saturated rings. The van der Waals surface area contributed by atoms with Crippen LogP contribution >= 0.6 is 0 Å². The van der Waals surface area contributed by atoms with Gasteiger partial charge in [0.2, 0.25) is 0 Å². The number of benzene rings is 1. The maximum absolute atomic E-state index is 12.0. The van der Waals surface area contributed by atoms with Crippen molar-refractivity contribution < 1.29 is 4.79 Å². The van der Waals surface area contributed by atoms with E-state index in [1.807, 2.05) is 37.2 Å². The minimum Gasteiger partial charge on any atom is -0.370 e. The zero-order valence-corrected chi connectivity index (χ0v) is 12.3. The second-order valence-electron chi connectivity index (χ2n) is 4.72. The first-order valence-electron chi connectivity index (χ1n) is 6.51. The Labute approximate surface area is 120 Å². The van der Waals surface area contributed by atoms with Crippen molar-refractivity contribution in [1.29, 1.82) is 0 Å². The van der Waals surface area contributed by atoms with Gasteiger partial charge in [0.25, 0.3) is 5.91 Å². The highest BCUT2D eigenvalue weighted by atomic mass is 16.1. The fraction of sp³-hybridized carbons (Fsp3) is 0.429. The number of guanidine groups is 1. The van der Waals surface area contributed by atoms with Crippen LogP contribution in [-0.4, -0.2) is 51.0 Å². The molecule has 20 heavy (non-hydrogen) atoms. The fourth-order valence-corrected chi connectivity index (χ4v) is 1.59. The van der Waals surface area contributed by atoms with Gasteiger partial charge in [0, 0.05) is 32.2 Å². The van der Waals surface area contributed by atoms with Crippen LogP contribution < -0.4 is 16.4 Å². The number of hydrogen-bond acceptors (Lipinski definition) is 3. The number of aliphatic imine (C=N–C) groups is 1. The minimum atomic E-state index is -0.0640. The van der Waals surface area contributed by atoms with Gasteiger partial charge in [0.15, 0.2) is 5.96 Å².